The second-order valence-electron chi connectivity index (χ2n) is 3.75. The Kier molecular flexibility index (Phi) is 7.30. The molecule has 0 aromatic heterocycles. The summed E-state index contributed by atoms with van der Waals surface area (Å²) in [6.45, 7) is 0. The first-order valence-electron chi connectivity index (χ1n) is 5.52. The first-order chi connectivity index (χ1) is 9.18. The number of carbonyl (C=O) groups is 2. The number of likely N-dealkylation sites (N-methyl/N-ethyl adjacent to an activating group) is 1. The van der Waals surface area contributed by atoms with E-state index >= 15 is 0 Å². The van der Waals surface area contributed by atoms with Gasteiger partial charge in [-0.15, -0.1) is 0 Å². The summed E-state index contributed by atoms with van der Waals surface area (Å²) in [5.41, 5.74) is 1.06. The molecule has 8 heteroatoms. The molecule has 1 atom stereocenters. The minimum absolute atomic E-state index is 0.373. The summed E-state index contributed by atoms with van der Waals surface area (Å²) in [6, 6.07) is 9.28. The van der Waals surface area contributed by atoms with E-state index in [2.05, 4.69) is 0 Å². The number of quaternary nitrogens is 1. The van der Waals surface area contributed by atoms with Crippen molar-refractivity contribution in [2.45, 2.75) is 18.6 Å². The monoisotopic (exact) mass is 293 g/mol. The zero-order chi connectivity index (χ0) is 15.8. The van der Waals surface area contributed by atoms with Crippen LogP contribution in [-0.2, 0) is 16.0 Å². The van der Waals surface area contributed by atoms with Crippen LogP contribution in [0.4, 0.5) is 13.2 Å². The Bertz CT molecular complexity index is 434. The van der Waals surface area contributed by atoms with E-state index < -0.39 is 18.1 Å². The van der Waals surface area contributed by atoms with Crippen LogP contribution in [0.1, 0.15) is 5.56 Å². The smallest absolute Gasteiger partial charge is 0.430 e. The van der Waals surface area contributed by atoms with Crippen LogP contribution in [0, 0.1) is 0 Å². The van der Waals surface area contributed by atoms with E-state index in [9.17, 15) is 18.0 Å². The molecule has 3 N–H and O–H groups in total. The van der Waals surface area contributed by atoms with E-state index in [1.807, 2.05) is 30.3 Å². The van der Waals surface area contributed by atoms with Crippen molar-refractivity contribution in [1.29, 1.82) is 0 Å². The lowest BCUT2D eigenvalue weighted by Crippen LogP contribution is -2.88. The number of aliphatic carboxylic acids is 2. The van der Waals surface area contributed by atoms with Gasteiger partial charge in [0.2, 0.25) is 0 Å². The van der Waals surface area contributed by atoms with Gasteiger partial charge in [0.1, 0.15) is 5.97 Å². The van der Waals surface area contributed by atoms with Gasteiger partial charge in [-0.05, 0) is 5.56 Å². The van der Waals surface area contributed by atoms with Crippen molar-refractivity contribution in [3.63, 3.8) is 0 Å². The molecule has 0 spiro atoms. The van der Waals surface area contributed by atoms with Crippen LogP contribution >= 0.6 is 0 Å². The summed E-state index contributed by atoms with van der Waals surface area (Å²) in [4.78, 5) is 19.5. The van der Waals surface area contributed by atoms with Gasteiger partial charge in [0, 0.05) is 6.42 Å². The Balaban J connectivity index is 0.000000441. The molecule has 0 heterocycles. The fourth-order valence-electron chi connectivity index (χ4n) is 1.22. The molecular weight excluding hydrogens is 279 g/mol. The number of carboxylic acids is 2. The van der Waals surface area contributed by atoms with Crippen LogP contribution in [0.3, 0.4) is 0 Å². The summed E-state index contributed by atoms with van der Waals surface area (Å²) < 4.78 is 31.5. The van der Waals surface area contributed by atoms with Crippen LogP contribution in [0.2, 0.25) is 0 Å². The minimum atomic E-state index is -5.19. The maximum absolute atomic E-state index is 10.7. The molecule has 0 unspecified atom stereocenters. The number of nitrogens with two attached hydrogens (primary N) is 1. The van der Waals surface area contributed by atoms with E-state index in [0.29, 0.717) is 6.42 Å². The van der Waals surface area contributed by atoms with Gasteiger partial charge >= 0.3 is 12.1 Å². The van der Waals surface area contributed by atoms with Gasteiger partial charge in [0.25, 0.3) is 0 Å². The van der Waals surface area contributed by atoms with Gasteiger partial charge in [-0.1, -0.05) is 30.3 Å². The van der Waals surface area contributed by atoms with Crippen LogP contribution in [0.15, 0.2) is 30.3 Å². The molecule has 1 aromatic rings. The molecule has 5 nitrogen and oxygen atoms in total. The number of carboxylic acid groups (broad SMARTS) is 2. The Labute approximate surface area is 113 Å². The van der Waals surface area contributed by atoms with Crippen molar-refractivity contribution in [3.05, 3.63) is 35.9 Å². The van der Waals surface area contributed by atoms with Crippen LogP contribution in [-0.4, -0.2) is 36.3 Å². The predicted octanol–water partition coefficient (Wildman–Crippen LogP) is -0.826. The summed E-state index contributed by atoms with van der Waals surface area (Å²) in [6.07, 6.45) is -4.62. The third kappa shape index (κ3) is 7.37. The SMILES string of the molecule is C[NH2+][C@@H](Cc1ccccc1)C(=O)O.O=C([O-])C(F)(F)F. The molecule has 0 radical (unpaired) electrons. The number of alkyl halides is 3. The molecule has 1 rings (SSSR count). The lowest BCUT2D eigenvalue weighted by atomic mass is 10.1. The fraction of sp³-hybridized carbons (Fsp3) is 0.333. The molecule has 0 fully saturated rings. The highest BCUT2D eigenvalue weighted by Crippen LogP contribution is 2.11. The molecule has 0 saturated heterocycles. The van der Waals surface area contributed by atoms with Crippen LogP contribution in [0.5, 0.6) is 0 Å². The molecular formula is C12H14F3NO4. The number of benzene rings is 1. The Morgan fingerprint density at radius 3 is 2.05 bits per heavy atom. The van der Waals surface area contributed by atoms with E-state index in [-0.39, 0.29) is 6.04 Å². The highest BCUT2D eigenvalue weighted by atomic mass is 19.4. The minimum Gasteiger partial charge on any atom is -0.542 e. The summed E-state index contributed by atoms with van der Waals surface area (Å²) >= 11 is 0. The fourth-order valence-corrected chi connectivity index (χ4v) is 1.22. The molecule has 0 saturated carbocycles. The number of rotatable bonds is 4. The van der Waals surface area contributed by atoms with E-state index in [0.717, 1.165) is 5.56 Å². The van der Waals surface area contributed by atoms with Crippen molar-refractivity contribution in [2.75, 3.05) is 7.05 Å². The second kappa shape index (κ2) is 8.16. The number of halogens is 3. The van der Waals surface area contributed by atoms with E-state index in [4.69, 9.17) is 15.0 Å². The standard InChI is InChI=1S/C10H13NO2.C2HF3O2/c1-11-9(10(12)13)7-8-5-3-2-4-6-8;3-2(4,5)1(6)7/h2-6,9,11H,7H2,1H3,(H,12,13);(H,6,7)/t9-;/m0./s1. The van der Waals surface area contributed by atoms with Crippen molar-refractivity contribution >= 4 is 11.9 Å². The molecule has 0 bridgehead atoms. The maximum atomic E-state index is 10.7. The topological polar surface area (TPSA) is 94.0 Å². The quantitative estimate of drug-likeness (QED) is 0.758. The molecule has 0 aliphatic rings. The van der Waals surface area contributed by atoms with Crippen molar-refractivity contribution < 1.29 is 38.3 Å². The first-order valence-corrected chi connectivity index (χ1v) is 5.52. The Morgan fingerprint density at radius 1 is 1.30 bits per heavy atom. The van der Waals surface area contributed by atoms with Crippen LogP contribution < -0.4 is 10.4 Å². The highest BCUT2D eigenvalue weighted by molar-refractivity contribution is 5.72. The Morgan fingerprint density at radius 2 is 1.75 bits per heavy atom. The third-order valence-electron chi connectivity index (χ3n) is 2.25. The molecule has 0 aliphatic heterocycles. The maximum Gasteiger partial charge on any atom is 0.430 e. The molecule has 0 aliphatic carbocycles. The largest absolute Gasteiger partial charge is 0.542 e. The second-order valence-corrected chi connectivity index (χ2v) is 3.75. The van der Waals surface area contributed by atoms with Gasteiger partial charge in [0.05, 0.1) is 7.05 Å². The van der Waals surface area contributed by atoms with Crippen LogP contribution in [0.25, 0.3) is 0 Å². The number of hydrogen-bond acceptors (Lipinski definition) is 3. The van der Waals surface area contributed by atoms with Gasteiger partial charge in [-0.3, -0.25) is 0 Å². The zero-order valence-corrected chi connectivity index (χ0v) is 10.6. The highest BCUT2D eigenvalue weighted by Gasteiger charge is 2.28. The van der Waals surface area contributed by atoms with E-state index in [1.54, 1.807) is 12.4 Å². The molecule has 0 amide bonds. The average molecular weight is 293 g/mol. The average Bonchev–Trinajstić information content (AvgIpc) is 2.36. The van der Waals surface area contributed by atoms with Crippen molar-refractivity contribution in [3.8, 4) is 0 Å². The third-order valence-corrected chi connectivity index (χ3v) is 2.25. The van der Waals surface area contributed by atoms with Gasteiger partial charge in [0.15, 0.2) is 6.04 Å². The van der Waals surface area contributed by atoms with Crippen molar-refractivity contribution in [2.24, 2.45) is 0 Å². The lowest BCUT2D eigenvalue weighted by molar-refractivity contribution is -0.651. The van der Waals surface area contributed by atoms with Crippen molar-refractivity contribution in [1.82, 2.24) is 0 Å². The van der Waals surface area contributed by atoms with Gasteiger partial charge < -0.3 is 20.3 Å². The molecule has 112 valence electrons. The molecule has 20 heavy (non-hydrogen) atoms. The summed E-state index contributed by atoms with van der Waals surface area (Å²) in [5, 5.41) is 19.3. The number of hydrogen-bond donors (Lipinski definition) is 2. The first kappa shape index (κ1) is 17.9. The predicted molar refractivity (Wildman–Crippen MR) is 60.5 cm³/mol. The lowest BCUT2D eigenvalue weighted by Gasteiger charge is -2.07. The molecule has 1 aromatic carbocycles. The van der Waals surface area contributed by atoms with Gasteiger partial charge in [-0.25, -0.2) is 4.79 Å². The zero-order valence-electron chi connectivity index (χ0n) is 10.6. The summed E-state index contributed by atoms with van der Waals surface area (Å²) in [7, 11) is 1.78. The Hall–Kier alpha value is -2.09. The normalized spacial score (nSPS) is 12.0. The summed E-state index contributed by atoms with van der Waals surface area (Å²) in [5.74, 6) is -3.76. The van der Waals surface area contributed by atoms with Gasteiger partial charge in [-0.2, -0.15) is 13.2 Å². The van der Waals surface area contributed by atoms with E-state index in [1.165, 1.54) is 0 Å². The number of carbonyl (C=O) groups excluding carboxylic acids is 1.